The molecule has 1 aliphatic rings. The summed E-state index contributed by atoms with van der Waals surface area (Å²) < 4.78 is 0. The summed E-state index contributed by atoms with van der Waals surface area (Å²) in [6.45, 7) is 0. The van der Waals surface area contributed by atoms with Crippen LogP contribution >= 0.6 is 0 Å². The van der Waals surface area contributed by atoms with Crippen molar-refractivity contribution in [1.82, 2.24) is 0 Å². The van der Waals surface area contributed by atoms with Crippen LogP contribution < -0.4 is 0 Å². The zero-order valence-electron chi connectivity index (χ0n) is 35.2. The van der Waals surface area contributed by atoms with Gasteiger partial charge < -0.3 is 0 Å². The maximum atomic E-state index is 2.30. The summed E-state index contributed by atoms with van der Waals surface area (Å²) in [7, 11) is 0. The van der Waals surface area contributed by atoms with E-state index in [1.165, 1.54) is 119 Å². The van der Waals surface area contributed by atoms with Crippen molar-refractivity contribution in [2.45, 2.75) is 0 Å². The Kier molecular flexibility index (Phi) is 9.28. The van der Waals surface area contributed by atoms with Gasteiger partial charge in [-0.15, -0.1) is 0 Å². The van der Waals surface area contributed by atoms with Gasteiger partial charge in [0.1, 0.15) is 0 Å². The Balaban J connectivity index is 0.0000000905. The molecule has 0 heterocycles. The average molecular weight is 811 g/mol. The molecule has 1 aliphatic carbocycles. The van der Waals surface area contributed by atoms with Crippen molar-refractivity contribution >= 4 is 97.0 Å². The van der Waals surface area contributed by atoms with E-state index in [1.54, 1.807) is 0 Å². The smallest absolute Gasteiger partial charge is 0.00264 e. The second kappa shape index (κ2) is 15.9. The first-order valence-corrected chi connectivity index (χ1v) is 22.2. The molecule has 298 valence electrons. The third-order valence-corrected chi connectivity index (χ3v) is 13.0. The molecule has 0 saturated carbocycles. The van der Waals surface area contributed by atoms with E-state index >= 15 is 0 Å². The Morgan fingerprint density at radius 3 is 0.875 bits per heavy atom. The van der Waals surface area contributed by atoms with E-state index in [1.807, 2.05) is 0 Å². The summed E-state index contributed by atoms with van der Waals surface area (Å²) in [5.41, 5.74) is 5.50. The van der Waals surface area contributed by atoms with Crippen LogP contribution in [0.3, 0.4) is 0 Å². The zero-order valence-corrected chi connectivity index (χ0v) is 35.2. The molecule has 0 heteroatoms. The highest BCUT2D eigenvalue weighted by Gasteiger charge is 2.19. The molecule has 14 aromatic rings. The molecule has 0 saturated heterocycles. The normalized spacial score (nSPS) is 11.4. The van der Waals surface area contributed by atoms with Crippen molar-refractivity contribution in [3.05, 3.63) is 255 Å². The van der Waals surface area contributed by atoms with Gasteiger partial charge in [-0.2, -0.15) is 0 Å². The monoisotopic (exact) mass is 810 g/mol. The van der Waals surface area contributed by atoms with E-state index in [0.717, 1.165) is 0 Å². The summed E-state index contributed by atoms with van der Waals surface area (Å²) in [6.07, 6.45) is 0. The molecule has 15 rings (SSSR count). The van der Waals surface area contributed by atoms with Crippen molar-refractivity contribution < 1.29 is 0 Å². The van der Waals surface area contributed by atoms with E-state index in [-0.39, 0.29) is 0 Å². The molecular formula is C64H42. The minimum Gasteiger partial charge on any atom is -0.0616 e. The second-order valence-electron chi connectivity index (χ2n) is 16.8. The first kappa shape index (κ1) is 37.4. The van der Waals surface area contributed by atoms with Gasteiger partial charge in [0.15, 0.2) is 0 Å². The largest absolute Gasteiger partial charge is 0.0616 e. The van der Waals surface area contributed by atoms with Crippen LogP contribution in [0.25, 0.3) is 119 Å². The molecule has 0 aromatic heterocycles. The third kappa shape index (κ3) is 6.65. The van der Waals surface area contributed by atoms with Gasteiger partial charge >= 0.3 is 0 Å². The van der Waals surface area contributed by atoms with E-state index < -0.39 is 0 Å². The molecule has 14 aromatic carbocycles. The average Bonchev–Trinajstić information content (AvgIpc) is 3.70. The SMILES string of the molecule is c1cc2ccc3cccc4ccc(c1)c2c34.c1ccc2c(c1)-c1cccc3cccc-2c13.c1ccc2cc3c(ccc4ccccc43)cc2c1.c1ccc2cc3ccccc3cc2c1. The molecule has 0 radical (unpaired) electrons. The van der Waals surface area contributed by atoms with Gasteiger partial charge in [0.2, 0.25) is 0 Å². The summed E-state index contributed by atoms with van der Waals surface area (Å²) in [5, 5.41) is 24.0. The Morgan fingerprint density at radius 2 is 0.422 bits per heavy atom. The fourth-order valence-electron chi connectivity index (χ4n) is 9.99. The first-order valence-electron chi connectivity index (χ1n) is 22.2. The van der Waals surface area contributed by atoms with E-state index in [0.29, 0.717) is 0 Å². The van der Waals surface area contributed by atoms with E-state index in [2.05, 4.69) is 255 Å². The molecule has 0 nitrogen and oxygen atoms in total. The van der Waals surface area contributed by atoms with Crippen LogP contribution in [-0.4, -0.2) is 0 Å². The van der Waals surface area contributed by atoms with Crippen LogP contribution in [0.2, 0.25) is 0 Å². The third-order valence-electron chi connectivity index (χ3n) is 13.0. The lowest BCUT2D eigenvalue weighted by atomic mass is 9.95. The molecule has 0 unspecified atom stereocenters. The lowest BCUT2D eigenvalue weighted by molar-refractivity contribution is 1.70. The molecular weight excluding hydrogens is 769 g/mol. The molecule has 0 atom stereocenters. The number of benzene rings is 14. The van der Waals surface area contributed by atoms with Crippen molar-refractivity contribution in [2.75, 3.05) is 0 Å². The van der Waals surface area contributed by atoms with Crippen molar-refractivity contribution in [2.24, 2.45) is 0 Å². The van der Waals surface area contributed by atoms with Crippen LogP contribution in [0.1, 0.15) is 0 Å². The van der Waals surface area contributed by atoms with Gasteiger partial charge in [0.25, 0.3) is 0 Å². The summed E-state index contributed by atoms with van der Waals surface area (Å²) in [5.74, 6) is 0. The van der Waals surface area contributed by atoms with Crippen molar-refractivity contribution in [1.29, 1.82) is 0 Å². The van der Waals surface area contributed by atoms with Gasteiger partial charge in [-0.25, -0.2) is 0 Å². The Hall–Kier alpha value is -8.32. The molecule has 0 bridgehead atoms. The van der Waals surface area contributed by atoms with Crippen LogP contribution in [0.5, 0.6) is 0 Å². The maximum absolute atomic E-state index is 2.30. The lowest BCUT2D eigenvalue weighted by Crippen LogP contribution is -1.82. The van der Waals surface area contributed by atoms with Crippen LogP contribution in [-0.2, 0) is 0 Å². The molecule has 64 heavy (non-hydrogen) atoms. The molecule has 0 spiro atoms. The predicted molar refractivity (Wildman–Crippen MR) is 279 cm³/mol. The van der Waals surface area contributed by atoms with Crippen LogP contribution in [0.15, 0.2) is 255 Å². The van der Waals surface area contributed by atoms with Crippen LogP contribution in [0.4, 0.5) is 0 Å². The second-order valence-corrected chi connectivity index (χ2v) is 16.8. The number of fused-ring (bicyclic) bond motifs is 9. The Bertz CT molecular complexity index is 3720. The minimum atomic E-state index is 1.31. The molecule has 0 amide bonds. The number of rotatable bonds is 0. The van der Waals surface area contributed by atoms with E-state index in [4.69, 9.17) is 0 Å². The van der Waals surface area contributed by atoms with Gasteiger partial charge in [-0.05, 0) is 143 Å². The number of hydrogen-bond acceptors (Lipinski definition) is 0. The lowest BCUT2D eigenvalue weighted by Gasteiger charge is -2.09. The topological polar surface area (TPSA) is 0 Å². The highest BCUT2D eigenvalue weighted by Crippen LogP contribution is 2.46. The van der Waals surface area contributed by atoms with Gasteiger partial charge in [-0.3, -0.25) is 0 Å². The van der Waals surface area contributed by atoms with Gasteiger partial charge in [0, 0.05) is 0 Å². The highest BCUT2D eigenvalue weighted by atomic mass is 14.2. The quantitative estimate of drug-likeness (QED) is 0.106. The summed E-state index contributed by atoms with van der Waals surface area (Å²) >= 11 is 0. The highest BCUT2D eigenvalue weighted by molar-refractivity contribution is 6.23. The van der Waals surface area contributed by atoms with E-state index in [9.17, 15) is 0 Å². The van der Waals surface area contributed by atoms with Crippen molar-refractivity contribution in [3.8, 4) is 22.3 Å². The predicted octanol–water partition coefficient (Wildman–Crippen LogP) is 18.2. The Morgan fingerprint density at radius 1 is 0.141 bits per heavy atom. The van der Waals surface area contributed by atoms with Gasteiger partial charge in [0.05, 0.1) is 0 Å². The first-order chi connectivity index (χ1) is 31.7. The summed E-state index contributed by atoms with van der Waals surface area (Å²) in [4.78, 5) is 0. The Labute approximate surface area is 372 Å². The molecule has 0 aliphatic heterocycles. The zero-order chi connectivity index (χ0) is 42.4. The van der Waals surface area contributed by atoms with Gasteiger partial charge in [-0.1, -0.05) is 231 Å². The fourth-order valence-corrected chi connectivity index (χ4v) is 9.99. The summed E-state index contributed by atoms with van der Waals surface area (Å²) in [6, 6.07) is 91.1. The molecule has 0 N–H and O–H groups in total. The van der Waals surface area contributed by atoms with Crippen LogP contribution in [0, 0.1) is 0 Å². The minimum absolute atomic E-state index is 1.31. The fraction of sp³-hybridized carbons (Fsp3) is 0. The maximum Gasteiger partial charge on any atom is -0.00264 e. The standard InChI is InChI=1S/C18H12.2C16H10.C14H10/c1-2-7-15-12-18-16(11-14(15)6-1)10-9-13-5-3-4-8-17(13)18;1-3-11-7-9-13-5-2-6-14-10-8-12(4-1)15(11)16(13)14;1-2-8-13-12(7-1)14-9-3-5-11-6-4-10-15(13)16(11)14;1-2-6-12-10-14-8-4-3-7-13(14)9-11(12)5-1/h1-12H;2*1-10H;1-10H. The molecule has 0 fully saturated rings. The van der Waals surface area contributed by atoms with Crippen molar-refractivity contribution in [3.63, 3.8) is 0 Å². The number of hydrogen-bond donors (Lipinski definition) is 0.